The molecule has 0 saturated carbocycles. The van der Waals surface area contributed by atoms with Crippen LogP contribution in [0.15, 0.2) is 24.5 Å². The molecule has 0 bridgehead atoms. The van der Waals surface area contributed by atoms with E-state index in [1.807, 2.05) is 32.0 Å². The quantitative estimate of drug-likeness (QED) is 0.492. The van der Waals surface area contributed by atoms with E-state index in [4.69, 9.17) is 11.6 Å². The second kappa shape index (κ2) is 5.42. The summed E-state index contributed by atoms with van der Waals surface area (Å²) >= 11 is 5.80. The fraction of sp³-hybridized carbons (Fsp3) is 0.231. The van der Waals surface area contributed by atoms with Crippen LogP contribution in [0.3, 0.4) is 0 Å². The number of nitrogens with zero attached hydrogens (tertiary/aromatic N) is 4. The van der Waals surface area contributed by atoms with Crippen LogP contribution in [-0.2, 0) is 0 Å². The molecule has 0 radical (unpaired) electrons. The molecular formula is C13H13ClN4O2. The molecule has 2 aromatic rings. The molecule has 0 saturated heterocycles. The zero-order valence-electron chi connectivity index (χ0n) is 11.3. The lowest BCUT2D eigenvalue weighted by Gasteiger charge is -2.20. The van der Waals surface area contributed by atoms with Crippen molar-refractivity contribution in [3.63, 3.8) is 0 Å². The van der Waals surface area contributed by atoms with Crippen molar-refractivity contribution in [2.24, 2.45) is 0 Å². The van der Waals surface area contributed by atoms with Gasteiger partial charge in [-0.15, -0.1) is 0 Å². The van der Waals surface area contributed by atoms with E-state index in [0.717, 1.165) is 16.8 Å². The number of aryl methyl sites for hydroxylation is 2. The largest absolute Gasteiger partial charge is 0.348 e. The highest BCUT2D eigenvalue weighted by Crippen LogP contribution is 2.35. The third-order valence-corrected chi connectivity index (χ3v) is 3.25. The minimum absolute atomic E-state index is 0.168. The Morgan fingerprint density at radius 2 is 2.00 bits per heavy atom. The maximum Gasteiger partial charge on any atom is 0.348 e. The number of halogens is 1. The Bertz CT molecular complexity index is 675. The van der Waals surface area contributed by atoms with Crippen molar-refractivity contribution in [2.75, 3.05) is 11.9 Å². The van der Waals surface area contributed by atoms with Gasteiger partial charge >= 0.3 is 5.69 Å². The Kier molecular flexibility index (Phi) is 3.85. The third kappa shape index (κ3) is 2.55. The summed E-state index contributed by atoms with van der Waals surface area (Å²) in [6, 6.07) is 5.83. The van der Waals surface area contributed by atoms with E-state index in [-0.39, 0.29) is 16.7 Å². The Balaban J connectivity index is 2.56. The molecule has 20 heavy (non-hydrogen) atoms. The fourth-order valence-electron chi connectivity index (χ4n) is 2.05. The van der Waals surface area contributed by atoms with Crippen molar-refractivity contribution >= 4 is 28.8 Å². The molecule has 1 heterocycles. The van der Waals surface area contributed by atoms with Gasteiger partial charge in [-0.3, -0.25) is 10.1 Å². The van der Waals surface area contributed by atoms with E-state index < -0.39 is 4.92 Å². The van der Waals surface area contributed by atoms with Gasteiger partial charge in [0.15, 0.2) is 0 Å². The first-order chi connectivity index (χ1) is 9.41. The van der Waals surface area contributed by atoms with E-state index in [2.05, 4.69) is 9.97 Å². The smallest absolute Gasteiger partial charge is 0.323 e. The van der Waals surface area contributed by atoms with Gasteiger partial charge in [0, 0.05) is 12.7 Å². The Morgan fingerprint density at radius 3 is 2.60 bits per heavy atom. The van der Waals surface area contributed by atoms with Crippen LogP contribution >= 0.6 is 11.6 Å². The first-order valence-corrected chi connectivity index (χ1v) is 6.25. The molecule has 0 N–H and O–H groups in total. The monoisotopic (exact) mass is 292 g/mol. The van der Waals surface area contributed by atoms with Gasteiger partial charge in [0.1, 0.15) is 6.33 Å². The van der Waals surface area contributed by atoms with Gasteiger partial charge in [-0.1, -0.05) is 29.3 Å². The topological polar surface area (TPSA) is 72.2 Å². The summed E-state index contributed by atoms with van der Waals surface area (Å²) in [7, 11) is 1.71. The summed E-state index contributed by atoms with van der Waals surface area (Å²) in [5, 5.41) is 11.0. The van der Waals surface area contributed by atoms with Gasteiger partial charge in [-0.05, 0) is 25.5 Å². The minimum atomic E-state index is -0.572. The lowest BCUT2D eigenvalue weighted by molar-refractivity contribution is -0.384. The number of anilines is 2. The Labute approximate surface area is 121 Å². The van der Waals surface area contributed by atoms with Crippen LogP contribution in [0.2, 0.25) is 5.15 Å². The van der Waals surface area contributed by atoms with Gasteiger partial charge in [-0.25, -0.2) is 9.97 Å². The molecule has 0 atom stereocenters. The zero-order valence-corrected chi connectivity index (χ0v) is 12.0. The molecule has 0 aliphatic carbocycles. The van der Waals surface area contributed by atoms with Gasteiger partial charge < -0.3 is 4.90 Å². The first-order valence-electron chi connectivity index (χ1n) is 5.87. The number of hydrogen-bond donors (Lipinski definition) is 0. The van der Waals surface area contributed by atoms with E-state index in [0.29, 0.717) is 0 Å². The predicted octanol–water partition coefficient (Wildman–Crippen LogP) is 3.42. The normalized spacial score (nSPS) is 10.4. The van der Waals surface area contributed by atoms with Crippen molar-refractivity contribution in [1.29, 1.82) is 0 Å². The number of nitro groups is 1. The number of aromatic nitrogens is 2. The predicted molar refractivity (Wildman–Crippen MR) is 77.7 cm³/mol. The first kappa shape index (κ1) is 14.2. The van der Waals surface area contributed by atoms with Crippen LogP contribution in [0.25, 0.3) is 0 Å². The number of benzene rings is 1. The highest BCUT2D eigenvalue weighted by atomic mass is 35.5. The van der Waals surface area contributed by atoms with Crippen molar-refractivity contribution in [3.05, 3.63) is 50.9 Å². The van der Waals surface area contributed by atoms with Crippen molar-refractivity contribution in [1.82, 2.24) is 9.97 Å². The third-order valence-electron chi connectivity index (χ3n) is 2.97. The molecule has 2 rings (SSSR count). The molecule has 7 heteroatoms. The van der Waals surface area contributed by atoms with E-state index in [1.54, 1.807) is 11.9 Å². The molecular weight excluding hydrogens is 280 g/mol. The summed E-state index contributed by atoms with van der Waals surface area (Å²) in [5.74, 6) is 0.168. The second-order valence-electron chi connectivity index (χ2n) is 4.44. The van der Waals surface area contributed by atoms with Crippen LogP contribution in [0.5, 0.6) is 0 Å². The van der Waals surface area contributed by atoms with E-state index in [1.165, 1.54) is 6.33 Å². The number of rotatable bonds is 3. The minimum Gasteiger partial charge on any atom is -0.323 e. The summed E-state index contributed by atoms with van der Waals surface area (Å²) in [6.07, 6.45) is 1.21. The van der Waals surface area contributed by atoms with E-state index >= 15 is 0 Å². The zero-order chi connectivity index (χ0) is 14.9. The van der Waals surface area contributed by atoms with Crippen LogP contribution in [0.1, 0.15) is 11.1 Å². The number of hydrogen-bond acceptors (Lipinski definition) is 5. The Morgan fingerprint density at radius 1 is 1.30 bits per heavy atom. The van der Waals surface area contributed by atoms with Crippen molar-refractivity contribution in [2.45, 2.75) is 13.8 Å². The summed E-state index contributed by atoms with van der Waals surface area (Å²) in [6.45, 7) is 3.92. The standard InChI is InChI=1S/C13H13ClN4O2/c1-8-4-5-10(9(2)6-8)17(3)13-11(18(19)20)12(14)15-7-16-13/h4-7H,1-3H3. The Hall–Kier alpha value is -2.21. The lowest BCUT2D eigenvalue weighted by Crippen LogP contribution is -2.15. The van der Waals surface area contributed by atoms with Gasteiger partial charge in [0.2, 0.25) is 11.0 Å². The van der Waals surface area contributed by atoms with Gasteiger partial charge in [-0.2, -0.15) is 0 Å². The molecule has 104 valence electrons. The summed E-state index contributed by atoms with van der Waals surface area (Å²) in [4.78, 5) is 19.8. The van der Waals surface area contributed by atoms with Crippen molar-refractivity contribution in [3.8, 4) is 0 Å². The highest BCUT2D eigenvalue weighted by Gasteiger charge is 2.25. The SMILES string of the molecule is Cc1ccc(N(C)c2ncnc(Cl)c2[N+](=O)[O-])c(C)c1. The summed E-state index contributed by atoms with van der Waals surface area (Å²) in [5.41, 5.74) is 2.65. The molecule has 0 spiro atoms. The second-order valence-corrected chi connectivity index (χ2v) is 4.80. The fourth-order valence-corrected chi connectivity index (χ4v) is 2.24. The van der Waals surface area contributed by atoms with Crippen LogP contribution < -0.4 is 4.90 Å². The maximum absolute atomic E-state index is 11.1. The molecule has 1 aromatic heterocycles. The summed E-state index contributed by atoms with van der Waals surface area (Å²) < 4.78 is 0. The molecule has 0 aliphatic heterocycles. The molecule has 1 aromatic carbocycles. The van der Waals surface area contributed by atoms with Crippen LogP contribution in [0.4, 0.5) is 17.2 Å². The maximum atomic E-state index is 11.1. The molecule has 0 unspecified atom stereocenters. The van der Waals surface area contributed by atoms with E-state index in [9.17, 15) is 10.1 Å². The molecule has 0 aliphatic rings. The molecule has 0 amide bonds. The lowest BCUT2D eigenvalue weighted by atomic mass is 10.1. The van der Waals surface area contributed by atoms with Crippen molar-refractivity contribution < 1.29 is 4.92 Å². The van der Waals surface area contributed by atoms with Gasteiger partial charge in [0.05, 0.1) is 4.92 Å². The average molecular weight is 293 g/mol. The molecule has 6 nitrogen and oxygen atoms in total. The van der Waals surface area contributed by atoms with Gasteiger partial charge in [0.25, 0.3) is 0 Å². The van der Waals surface area contributed by atoms with Crippen LogP contribution in [-0.4, -0.2) is 21.9 Å². The van der Waals surface area contributed by atoms with Crippen LogP contribution in [0, 0.1) is 24.0 Å². The molecule has 0 fully saturated rings. The highest BCUT2D eigenvalue weighted by molar-refractivity contribution is 6.31. The average Bonchev–Trinajstić information content (AvgIpc) is 2.37.